The zero-order chi connectivity index (χ0) is 16.8. The van der Waals surface area contributed by atoms with Crippen LogP contribution in [0.15, 0.2) is 48.5 Å². The molecule has 0 saturated carbocycles. The van der Waals surface area contributed by atoms with Crippen molar-refractivity contribution in [3.63, 3.8) is 0 Å². The van der Waals surface area contributed by atoms with Crippen LogP contribution in [0.2, 0.25) is 0 Å². The Labute approximate surface area is 141 Å². The van der Waals surface area contributed by atoms with E-state index in [1.807, 2.05) is 30.3 Å². The SMILES string of the molecule is N#CCc1cccc(C(=O)Nc2ccccc2N2CCOCC2)c1. The van der Waals surface area contributed by atoms with Crippen molar-refractivity contribution >= 4 is 17.3 Å². The molecule has 0 unspecified atom stereocenters. The summed E-state index contributed by atoms with van der Waals surface area (Å²) in [6.45, 7) is 3.01. The first-order chi connectivity index (χ1) is 11.8. The molecule has 2 aromatic rings. The van der Waals surface area contributed by atoms with Crippen molar-refractivity contribution in [2.24, 2.45) is 0 Å². The molecule has 1 saturated heterocycles. The van der Waals surface area contributed by atoms with Crippen LogP contribution in [-0.4, -0.2) is 32.2 Å². The number of nitriles is 1. The molecule has 122 valence electrons. The van der Waals surface area contributed by atoms with Gasteiger partial charge in [0.2, 0.25) is 0 Å². The summed E-state index contributed by atoms with van der Waals surface area (Å²) >= 11 is 0. The van der Waals surface area contributed by atoms with E-state index in [1.54, 1.807) is 18.2 Å². The van der Waals surface area contributed by atoms with Crippen LogP contribution in [0.5, 0.6) is 0 Å². The molecule has 1 fully saturated rings. The third-order valence-electron chi connectivity index (χ3n) is 3.98. The van der Waals surface area contributed by atoms with E-state index in [0.29, 0.717) is 25.2 Å². The molecule has 0 aromatic heterocycles. The Kier molecular flexibility index (Phi) is 5.09. The topological polar surface area (TPSA) is 65.4 Å². The van der Waals surface area contributed by atoms with E-state index in [-0.39, 0.29) is 5.91 Å². The molecule has 24 heavy (non-hydrogen) atoms. The van der Waals surface area contributed by atoms with Gasteiger partial charge in [-0.05, 0) is 29.8 Å². The summed E-state index contributed by atoms with van der Waals surface area (Å²) in [6, 6.07) is 17.1. The van der Waals surface area contributed by atoms with Crippen molar-refractivity contribution in [2.45, 2.75) is 6.42 Å². The molecule has 1 amide bonds. The van der Waals surface area contributed by atoms with Crippen molar-refractivity contribution < 1.29 is 9.53 Å². The van der Waals surface area contributed by atoms with Gasteiger partial charge >= 0.3 is 0 Å². The van der Waals surface area contributed by atoms with Crippen LogP contribution >= 0.6 is 0 Å². The minimum atomic E-state index is -0.171. The number of nitrogens with one attached hydrogen (secondary N) is 1. The number of nitrogens with zero attached hydrogens (tertiary/aromatic N) is 2. The molecule has 1 heterocycles. The molecule has 3 rings (SSSR count). The van der Waals surface area contributed by atoms with E-state index in [2.05, 4.69) is 16.3 Å². The number of rotatable bonds is 4. The van der Waals surface area contributed by atoms with Crippen LogP contribution in [-0.2, 0) is 11.2 Å². The second-order valence-corrected chi connectivity index (χ2v) is 5.61. The number of amides is 1. The molecule has 0 atom stereocenters. The van der Waals surface area contributed by atoms with E-state index < -0.39 is 0 Å². The Morgan fingerprint density at radius 2 is 1.96 bits per heavy atom. The standard InChI is InChI=1S/C19H19N3O2/c20-9-8-15-4-3-5-16(14-15)19(23)21-17-6-1-2-7-18(17)22-10-12-24-13-11-22/h1-7,14H,8,10-13H2,(H,21,23). The second kappa shape index (κ2) is 7.62. The van der Waals surface area contributed by atoms with Gasteiger partial charge in [0.15, 0.2) is 0 Å². The summed E-state index contributed by atoms with van der Waals surface area (Å²) in [4.78, 5) is 14.8. The molecule has 0 spiro atoms. The van der Waals surface area contributed by atoms with Gasteiger partial charge in [-0.1, -0.05) is 24.3 Å². The van der Waals surface area contributed by atoms with Crippen molar-refractivity contribution in [2.75, 3.05) is 36.5 Å². The third-order valence-corrected chi connectivity index (χ3v) is 3.98. The highest BCUT2D eigenvalue weighted by Gasteiger charge is 2.16. The molecule has 1 aliphatic heterocycles. The Morgan fingerprint density at radius 1 is 1.17 bits per heavy atom. The largest absolute Gasteiger partial charge is 0.378 e. The van der Waals surface area contributed by atoms with Gasteiger partial charge in [-0.2, -0.15) is 5.26 Å². The smallest absolute Gasteiger partial charge is 0.255 e. The molecule has 0 radical (unpaired) electrons. The predicted molar refractivity (Wildman–Crippen MR) is 93.2 cm³/mol. The Balaban J connectivity index is 1.79. The fourth-order valence-electron chi connectivity index (χ4n) is 2.77. The Hall–Kier alpha value is -2.84. The van der Waals surface area contributed by atoms with Gasteiger partial charge in [0.05, 0.1) is 37.1 Å². The zero-order valence-corrected chi connectivity index (χ0v) is 13.4. The molecule has 5 nitrogen and oxygen atoms in total. The number of benzene rings is 2. The fraction of sp³-hybridized carbons (Fsp3) is 0.263. The first-order valence-corrected chi connectivity index (χ1v) is 7.97. The van der Waals surface area contributed by atoms with E-state index in [9.17, 15) is 4.79 Å². The number of carbonyl (C=O) groups is 1. The van der Waals surface area contributed by atoms with Crippen LogP contribution in [0, 0.1) is 11.3 Å². The normalized spacial score (nSPS) is 14.0. The predicted octanol–water partition coefficient (Wildman–Crippen LogP) is 2.84. The first-order valence-electron chi connectivity index (χ1n) is 7.97. The highest BCUT2D eigenvalue weighted by molar-refractivity contribution is 6.06. The first kappa shape index (κ1) is 16.0. The third kappa shape index (κ3) is 3.73. The summed E-state index contributed by atoms with van der Waals surface area (Å²) in [5.41, 5.74) is 3.18. The van der Waals surface area contributed by atoms with Crippen LogP contribution in [0.3, 0.4) is 0 Å². The highest BCUT2D eigenvalue weighted by atomic mass is 16.5. The van der Waals surface area contributed by atoms with Gasteiger partial charge in [0.25, 0.3) is 5.91 Å². The van der Waals surface area contributed by atoms with Crippen molar-refractivity contribution in [3.05, 3.63) is 59.7 Å². The molecule has 1 aliphatic rings. The van der Waals surface area contributed by atoms with Gasteiger partial charge < -0.3 is 15.0 Å². The molecular formula is C19H19N3O2. The van der Waals surface area contributed by atoms with Crippen LogP contribution < -0.4 is 10.2 Å². The van der Waals surface area contributed by atoms with Gasteiger partial charge in [0.1, 0.15) is 0 Å². The molecular weight excluding hydrogens is 302 g/mol. The average molecular weight is 321 g/mol. The number of para-hydroxylation sites is 2. The Bertz CT molecular complexity index is 761. The highest BCUT2D eigenvalue weighted by Crippen LogP contribution is 2.26. The number of anilines is 2. The monoisotopic (exact) mass is 321 g/mol. The number of carbonyl (C=O) groups excluding carboxylic acids is 1. The summed E-state index contributed by atoms with van der Waals surface area (Å²) in [5, 5.41) is 11.8. The number of hydrogen-bond acceptors (Lipinski definition) is 4. The van der Waals surface area contributed by atoms with Crippen molar-refractivity contribution in [1.82, 2.24) is 0 Å². The van der Waals surface area contributed by atoms with Gasteiger partial charge in [0, 0.05) is 18.7 Å². The van der Waals surface area contributed by atoms with E-state index in [4.69, 9.17) is 10.00 Å². The van der Waals surface area contributed by atoms with Crippen molar-refractivity contribution in [3.8, 4) is 6.07 Å². The van der Waals surface area contributed by atoms with Crippen LogP contribution in [0.4, 0.5) is 11.4 Å². The van der Waals surface area contributed by atoms with Gasteiger partial charge in [-0.25, -0.2) is 0 Å². The zero-order valence-electron chi connectivity index (χ0n) is 13.4. The maximum atomic E-state index is 12.6. The van der Waals surface area contributed by atoms with Gasteiger partial charge in [-0.3, -0.25) is 4.79 Å². The summed E-state index contributed by atoms with van der Waals surface area (Å²) in [6.07, 6.45) is 0.297. The summed E-state index contributed by atoms with van der Waals surface area (Å²) < 4.78 is 5.39. The Morgan fingerprint density at radius 3 is 2.75 bits per heavy atom. The quantitative estimate of drug-likeness (QED) is 0.940. The van der Waals surface area contributed by atoms with E-state index in [1.165, 1.54) is 0 Å². The lowest BCUT2D eigenvalue weighted by Crippen LogP contribution is -2.36. The number of ether oxygens (including phenoxy) is 1. The van der Waals surface area contributed by atoms with Crippen molar-refractivity contribution in [1.29, 1.82) is 5.26 Å². The molecule has 1 N–H and O–H groups in total. The van der Waals surface area contributed by atoms with Crippen LogP contribution in [0.1, 0.15) is 15.9 Å². The number of morpholine rings is 1. The maximum absolute atomic E-state index is 12.6. The van der Waals surface area contributed by atoms with Crippen LogP contribution in [0.25, 0.3) is 0 Å². The molecule has 0 aliphatic carbocycles. The maximum Gasteiger partial charge on any atom is 0.255 e. The summed E-state index contributed by atoms with van der Waals surface area (Å²) in [7, 11) is 0. The van der Waals surface area contributed by atoms with Gasteiger partial charge in [-0.15, -0.1) is 0 Å². The fourth-order valence-corrected chi connectivity index (χ4v) is 2.77. The minimum absolute atomic E-state index is 0.171. The lowest BCUT2D eigenvalue weighted by atomic mass is 10.1. The second-order valence-electron chi connectivity index (χ2n) is 5.61. The molecule has 0 bridgehead atoms. The lowest BCUT2D eigenvalue weighted by Gasteiger charge is -2.30. The minimum Gasteiger partial charge on any atom is -0.378 e. The molecule has 5 heteroatoms. The lowest BCUT2D eigenvalue weighted by molar-refractivity contribution is 0.102. The van der Waals surface area contributed by atoms with E-state index in [0.717, 1.165) is 30.0 Å². The molecule has 2 aromatic carbocycles. The summed E-state index contributed by atoms with van der Waals surface area (Å²) in [5.74, 6) is -0.171. The average Bonchev–Trinajstić information content (AvgIpc) is 2.63. The van der Waals surface area contributed by atoms with E-state index >= 15 is 0 Å². The number of hydrogen-bond donors (Lipinski definition) is 1.